The standard InChI is InChI=1S/C13H19ClN2O2/c1-3-4-6-16(7-5-14)13(18)11-9-15-10(2)8-12(11)17/h8-9H,3-7H2,1-2H3,(H,15,17). The Hall–Kier alpha value is -1.29. The van der Waals surface area contributed by atoms with E-state index in [4.69, 9.17) is 11.6 Å². The van der Waals surface area contributed by atoms with Gasteiger partial charge >= 0.3 is 0 Å². The lowest BCUT2D eigenvalue weighted by Gasteiger charge is -2.21. The van der Waals surface area contributed by atoms with E-state index in [1.165, 1.54) is 12.3 Å². The number of alkyl halides is 1. The van der Waals surface area contributed by atoms with Gasteiger partial charge in [-0.3, -0.25) is 9.59 Å². The lowest BCUT2D eigenvalue weighted by atomic mass is 10.2. The number of aromatic nitrogens is 1. The number of pyridine rings is 1. The molecule has 4 nitrogen and oxygen atoms in total. The second-order valence-electron chi connectivity index (χ2n) is 4.23. The fourth-order valence-corrected chi connectivity index (χ4v) is 1.88. The number of rotatable bonds is 6. The van der Waals surface area contributed by atoms with Crippen LogP contribution in [0.1, 0.15) is 35.8 Å². The van der Waals surface area contributed by atoms with Crippen molar-refractivity contribution in [2.75, 3.05) is 19.0 Å². The van der Waals surface area contributed by atoms with Gasteiger partial charge in [0.2, 0.25) is 0 Å². The first kappa shape index (κ1) is 14.8. The van der Waals surface area contributed by atoms with Crippen LogP contribution in [-0.2, 0) is 0 Å². The number of carbonyl (C=O) groups is 1. The van der Waals surface area contributed by atoms with E-state index in [0.717, 1.165) is 18.5 Å². The monoisotopic (exact) mass is 270 g/mol. The van der Waals surface area contributed by atoms with Crippen LogP contribution >= 0.6 is 11.6 Å². The fourth-order valence-electron chi connectivity index (χ4n) is 1.68. The van der Waals surface area contributed by atoms with Crippen LogP contribution in [0.15, 0.2) is 17.1 Å². The van der Waals surface area contributed by atoms with E-state index in [0.29, 0.717) is 19.0 Å². The smallest absolute Gasteiger partial charge is 0.259 e. The van der Waals surface area contributed by atoms with Gasteiger partial charge in [-0.1, -0.05) is 13.3 Å². The largest absolute Gasteiger partial charge is 0.364 e. The van der Waals surface area contributed by atoms with E-state index >= 15 is 0 Å². The number of amides is 1. The molecule has 1 aromatic rings. The number of aromatic amines is 1. The predicted octanol–water partition coefficient (Wildman–Crippen LogP) is 2.16. The highest BCUT2D eigenvalue weighted by molar-refractivity contribution is 6.18. The Bertz CT molecular complexity index is 457. The zero-order chi connectivity index (χ0) is 13.5. The van der Waals surface area contributed by atoms with Gasteiger partial charge in [-0.25, -0.2) is 0 Å². The second-order valence-corrected chi connectivity index (χ2v) is 4.61. The summed E-state index contributed by atoms with van der Waals surface area (Å²) in [5.41, 5.74) is 0.683. The molecule has 18 heavy (non-hydrogen) atoms. The average molecular weight is 271 g/mol. The van der Waals surface area contributed by atoms with Crippen LogP contribution in [0.4, 0.5) is 0 Å². The lowest BCUT2D eigenvalue weighted by Crippen LogP contribution is -2.36. The summed E-state index contributed by atoms with van der Waals surface area (Å²) >= 11 is 5.69. The van der Waals surface area contributed by atoms with Crippen molar-refractivity contribution in [3.8, 4) is 0 Å². The summed E-state index contributed by atoms with van der Waals surface area (Å²) < 4.78 is 0. The third-order valence-electron chi connectivity index (χ3n) is 2.71. The zero-order valence-corrected chi connectivity index (χ0v) is 11.6. The molecule has 0 aromatic carbocycles. The Balaban J connectivity index is 2.90. The third kappa shape index (κ3) is 3.88. The first-order valence-corrected chi connectivity index (χ1v) is 6.68. The van der Waals surface area contributed by atoms with Crippen molar-refractivity contribution < 1.29 is 4.79 Å². The highest BCUT2D eigenvalue weighted by Crippen LogP contribution is 2.03. The topological polar surface area (TPSA) is 53.2 Å². The highest BCUT2D eigenvalue weighted by Gasteiger charge is 2.17. The van der Waals surface area contributed by atoms with Gasteiger partial charge in [-0.2, -0.15) is 0 Å². The maximum Gasteiger partial charge on any atom is 0.259 e. The summed E-state index contributed by atoms with van der Waals surface area (Å²) in [4.78, 5) is 28.5. The molecule has 0 aliphatic heterocycles. The molecule has 0 spiro atoms. The highest BCUT2D eigenvalue weighted by atomic mass is 35.5. The minimum Gasteiger partial charge on any atom is -0.364 e. The molecule has 0 unspecified atom stereocenters. The molecule has 100 valence electrons. The van der Waals surface area contributed by atoms with Gasteiger partial charge in [-0.05, 0) is 13.3 Å². The van der Waals surface area contributed by atoms with Gasteiger partial charge in [0.15, 0.2) is 5.43 Å². The Kier molecular flexibility index (Phi) is 5.92. The van der Waals surface area contributed by atoms with Crippen molar-refractivity contribution in [2.45, 2.75) is 26.7 Å². The van der Waals surface area contributed by atoms with Gasteiger partial charge in [0.1, 0.15) is 5.56 Å². The summed E-state index contributed by atoms with van der Waals surface area (Å²) in [7, 11) is 0. The minimum atomic E-state index is -0.245. The molecule has 1 amide bonds. The molecular weight excluding hydrogens is 252 g/mol. The van der Waals surface area contributed by atoms with Crippen LogP contribution in [0.3, 0.4) is 0 Å². The van der Waals surface area contributed by atoms with Gasteiger partial charge in [0.25, 0.3) is 5.91 Å². The van der Waals surface area contributed by atoms with Crippen molar-refractivity contribution >= 4 is 17.5 Å². The van der Waals surface area contributed by atoms with Crippen molar-refractivity contribution in [3.63, 3.8) is 0 Å². The van der Waals surface area contributed by atoms with Crippen LogP contribution in [-0.4, -0.2) is 34.8 Å². The number of H-pyrrole nitrogens is 1. The summed E-state index contributed by atoms with van der Waals surface area (Å²) in [6.07, 6.45) is 3.38. The Morgan fingerprint density at radius 1 is 1.44 bits per heavy atom. The fraction of sp³-hybridized carbons (Fsp3) is 0.538. The maximum atomic E-state index is 12.2. The quantitative estimate of drug-likeness (QED) is 0.806. The van der Waals surface area contributed by atoms with E-state index < -0.39 is 0 Å². The van der Waals surface area contributed by atoms with Crippen LogP contribution in [0.2, 0.25) is 0 Å². The van der Waals surface area contributed by atoms with E-state index in [9.17, 15) is 9.59 Å². The van der Waals surface area contributed by atoms with E-state index in [1.807, 2.05) is 0 Å². The van der Waals surface area contributed by atoms with Gasteiger partial charge < -0.3 is 9.88 Å². The van der Waals surface area contributed by atoms with Crippen LogP contribution in [0.25, 0.3) is 0 Å². The molecule has 0 saturated heterocycles. The number of halogens is 1. The summed E-state index contributed by atoms with van der Waals surface area (Å²) in [6.45, 7) is 4.94. The number of unbranched alkanes of at least 4 members (excludes halogenated alkanes) is 1. The number of hydrogen-bond donors (Lipinski definition) is 1. The molecule has 1 aromatic heterocycles. The van der Waals surface area contributed by atoms with E-state index in [-0.39, 0.29) is 16.9 Å². The third-order valence-corrected chi connectivity index (χ3v) is 2.88. The minimum absolute atomic E-state index is 0.182. The van der Waals surface area contributed by atoms with Crippen molar-refractivity contribution in [2.24, 2.45) is 0 Å². The predicted molar refractivity (Wildman–Crippen MR) is 73.3 cm³/mol. The lowest BCUT2D eigenvalue weighted by molar-refractivity contribution is 0.0761. The summed E-state index contributed by atoms with van der Waals surface area (Å²) in [5.74, 6) is 0.129. The normalized spacial score (nSPS) is 10.4. The average Bonchev–Trinajstić information content (AvgIpc) is 2.33. The van der Waals surface area contributed by atoms with Crippen molar-refractivity contribution in [1.29, 1.82) is 0 Å². The zero-order valence-electron chi connectivity index (χ0n) is 10.8. The first-order valence-electron chi connectivity index (χ1n) is 6.14. The van der Waals surface area contributed by atoms with E-state index in [1.54, 1.807) is 11.8 Å². The molecule has 0 fully saturated rings. The molecule has 0 aliphatic rings. The molecule has 5 heteroatoms. The summed E-state index contributed by atoms with van der Waals surface area (Å²) in [5, 5.41) is 0. The second kappa shape index (κ2) is 7.21. The Morgan fingerprint density at radius 3 is 2.72 bits per heavy atom. The molecule has 0 atom stereocenters. The molecule has 0 saturated carbocycles. The molecule has 1 heterocycles. The number of hydrogen-bond acceptors (Lipinski definition) is 2. The first-order chi connectivity index (χ1) is 8.60. The number of nitrogens with zero attached hydrogens (tertiary/aromatic N) is 1. The van der Waals surface area contributed by atoms with Crippen molar-refractivity contribution in [3.05, 3.63) is 33.7 Å². The molecule has 0 aliphatic carbocycles. The number of carbonyl (C=O) groups excluding carboxylic acids is 1. The Morgan fingerprint density at radius 2 is 2.17 bits per heavy atom. The SMILES string of the molecule is CCCCN(CCCl)C(=O)c1c[nH]c(C)cc1=O. The van der Waals surface area contributed by atoms with Gasteiger partial charge in [0.05, 0.1) is 0 Å². The maximum absolute atomic E-state index is 12.2. The Labute approximate surface area is 112 Å². The van der Waals surface area contributed by atoms with Crippen LogP contribution in [0, 0.1) is 6.92 Å². The van der Waals surface area contributed by atoms with Crippen LogP contribution in [0.5, 0.6) is 0 Å². The summed E-state index contributed by atoms with van der Waals surface area (Å²) in [6, 6.07) is 1.44. The van der Waals surface area contributed by atoms with Gasteiger partial charge in [0, 0.05) is 36.9 Å². The molecule has 1 rings (SSSR count). The molecule has 1 N–H and O–H groups in total. The molecule has 0 bridgehead atoms. The van der Waals surface area contributed by atoms with Crippen LogP contribution < -0.4 is 5.43 Å². The molecule has 0 radical (unpaired) electrons. The number of nitrogens with one attached hydrogen (secondary N) is 1. The van der Waals surface area contributed by atoms with Crippen molar-refractivity contribution in [1.82, 2.24) is 9.88 Å². The molecular formula is C13H19ClN2O2. The number of aryl methyl sites for hydroxylation is 1. The van der Waals surface area contributed by atoms with Gasteiger partial charge in [-0.15, -0.1) is 11.6 Å². The van der Waals surface area contributed by atoms with E-state index in [2.05, 4.69) is 11.9 Å².